The van der Waals surface area contributed by atoms with Crippen LogP contribution in [0, 0.1) is 11.8 Å². The Morgan fingerprint density at radius 1 is 1.08 bits per heavy atom. The lowest BCUT2D eigenvalue weighted by Crippen LogP contribution is -2.59. The number of nitrogens with zero attached hydrogens (tertiary/aromatic N) is 1. The molecule has 3 aliphatic carbocycles. The molecule has 0 radical (unpaired) electrons. The van der Waals surface area contributed by atoms with E-state index in [1.807, 2.05) is 0 Å². The summed E-state index contributed by atoms with van der Waals surface area (Å²) in [6.45, 7) is 0. The number of amides is 1. The third-order valence-corrected chi connectivity index (χ3v) is 8.23. The number of aliphatic hydroxyl groups excluding tert-OH is 2. The molecule has 0 fully saturated rings. The molecule has 4 unspecified atom stereocenters. The van der Waals surface area contributed by atoms with Gasteiger partial charge in [-0.05, 0) is 67.7 Å². The number of fused-ring (bicyclic) bond motifs is 3. The van der Waals surface area contributed by atoms with Crippen molar-refractivity contribution in [3.05, 3.63) is 75.8 Å². The van der Waals surface area contributed by atoms with Crippen LogP contribution in [0.5, 0.6) is 5.75 Å². The lowest BCUT2D eigenvalue weighted by Gasteiger charge is -2.51. The van der Waals surface area contributed by atoms with E-state index in [0.29, 0.717) is 16.7 Å². The number of ketones is 1. The van der Waals surface area contributed by atoms with Gasteiger partial charge in [0.15, 0.2) is 5.78 Å². The number of phenols is 1. The second-order valence-electron chi connectivity index (χ2n) is 10.6. The molecule has 0 bridgehead atoms. The highest BCUT2D eigenvalue weighted by atomic mass is 19.4. The number of carbonyl (C=O) groups excluding carboxylic acids is 2. The summed E-state index contributed by atoms with van der Waals surface area (Å²) in [5, 5.41) is 44.6. The van der Waals surface area contributed by atoms with E-state index < -0.39 is 59.1 Å². The fraction of sp³-hybridized carbons (Fsp3) is 0.357. The molecule has 3 aliphatic rings. The number of primary amides is 1. The molecule has 0 spiro atoms. The molecule has 0 heterocycles. The van der Waals surface area contributed by atoms with Crippen LogP contribution < -0.4 is 5.73 Å². The minimum absolute atomic E-state index is 0.108. The van der Waals surface area contributed by atoms with Crippen molar-refractivity contribution in [1.29, 1.82) is 0 Å². The van der Waals surface area contributed by atoms with Crippen LogP contribution in [0.1, 0.15) is 34.3 Å². The van der Waals surface area contributed by atoms with Gasteiger partial charge in [-0.2, -0.15) is 13.2 Å². The van der Waals surface area contributed by atoms with Crippen molar-refractivity contribution in [2.45, 2.75) is 37.1 Å². The van der Waals surface area contributed by atoms with Gasteiger partial charge in [-0.1, -0.05) is 18.2 Å². The van der Waals surface area contributed by atoms with Crippen LogP contribution in [0.2, 0.25) is 0 Å². The number of alkyl halides is 3. The minimum Gasteiger partial charge on any atom is -0.510 e. The van der Waals surface area contributed by atoms with E-state index in [1.54, 1.807) is 19.0 Å². The first-order valence-electron chi connectivity index (χ1n) is 12.3. The molecule has 0 saturated heterocycles. The highest BCUT2D eigenvalue weighted by Crippen LogP contribution is 2.54. The summed E-state index contributed by atoms with van der Waals surface area (Å²) < 4.78 is 39.3. The molecule has 0 aliphatic heterocycles. The van der Waals surface area contributed by atoms with Crippen molar-refractivity contribution < 1.29 is 43.2 Å². The summed E-state index contributed by atoms with van der Waals surface area (Å²) in [6, 6.07) is 6.34. The Morgan fingerprint density at radius 3 is 2.28 bits per heavy atom. The van der Waals surface area contributed by atoms with Crippen molar-refractivity contribution in [1.82, 2.24) is 4.90 Å². The number of Topliss-reactive ketones (excluding diaryl/α,β-unsaturated/α-hetero) is 1. The van der Waals surface area contributed by atoms with E-state index in [0.717, 1.165) is 12.1 Å². The number of aromatic hydroxyl groups is 1. The third-order valence-electron chi connectivity index (χ3n) is 8.23. The molecule has 2 aromatic rings. The average molecular weight is 545 g/mol. The van der Waals surface area contributed by atoms with Crippen molar-refractivity contribution in [2.75, 3.05) is 14.1 Å². The van der Waals surface area contributed by atoms with Crippen molar-refractivity contribution in [3.63, 3.8) is 0 Å². The van der Waals surface area contributed by atoms with E-state index in [-0.39, 0.29) is 41.1 Å². The molecule has 2 aromatic carbocycles. The highest BCUT2D eigenvalue weighted by molar-refractivity contribution is 6.14. The number of phenolic OH excluding ortho intramolecular Hbond substituents is 1. The second kappa shape index (κ2) is 8.85. The Balaban J connectivity index is 1.65. The van der Waals surface area contributed by atoms with Gasteiger partial charge in [-0.25, -0.2) is 0 Å². The Bertz CT molecular complexity index is 1460. The predicted molar refractivity (Wildman–Crippen MR) is 134 cm³/mol. The number of likely N-dealkylation sites (N-methyl/N-ethyl adjacent to an activating group) is 1. The maximum atomic E-state index is 13.8. The van der Waals surface area contributed by atoms with Crippen LogP contribution in [0.4, 0.5) is 13.2 Å². The zero-order valence-electron chi connectivity index (χ0n) is 21.1. The molecular formula is C28H27F3N2O6. The van der Waals surface area contributed by atoms with E-state index in [4.69, 9.17) is 5.73 Å². The summed E-state index contributed by atoms with van der Waals surface area (Å²) in [5.41, 5.74) is 3.34. The number of hydrogen-bond acceptors (Lipinski definition) is 7. The lowest BCUT2D eigenvalue weighted by molar-refractivity contribution is -0.137. The number of hydrogen-bond donors (Lipinski definition) is 5. The first-order valence-corrected chi connectivity index (χ1v) is 12.3. The van der Waals surface area contributed by atoms with Gasteiger partial charge < -0.3 is 26.2 Å². The average Bonchev–Trinajstić information content (AvgIpc) is 2.84. The van der Waals surface area contributed by atoms with Crippen LogP contribution in [-0.2, 0) is 17.4 Å². The molecule has 11 heteroatoms. The lowest BCUT2D eigenvalue weighted by atomic mass is 9.59. The normalized spacial score (nSPS) is 26.8. The van der Waals surface area contributed by atoms with Gasteiger partial charge in [0.2, 0.25) is 5.91 Å². The number of aliphatic hydroxyl groups is 3. The Kier molecular flexibility index (Phi) is 6.07. The van der Waals surface area contributed by atoms with Crippen LogP contribution >= 0.6 is 0 Å². The van der Waals surface area contributed by atoms with E-state index in [1.165, 1.54) is 24.3 Å². The Labute approximate surface area is 221 Å². The summed E-state index contributed by atoms with van der Waals surface area (Å²) in [6.07, 6.45) is -4.76. The first kappa shape index (κ1) is 26.8. The van der Waals surface area contributed by atoms with Crippen molar-refractivity contribution >= 4 is 11.7 Å². The minimum atomic E-state index is -4.52. The molecule has 8 nitrogen and oxygen atoms in total. The fourth-order valence-electron chi connectivity index (χ4n) is 6.44. The smallest absolute Gasteiger partial charge is 0.416 e. The molecular weight excluding hydrogens is 517 g/mol. The van der Waals surface area contributed by atoms with Gasteiger partial charge in [0.25, 0.3) is 0 Å². The first-order chi connectivity index (χ1) is 18.2. The van der Waals surface area contributed by atoms with E-state index >= 15 is 0 Å². The maximum Gasteiger partial charge on any atom is 0.416 e. The standard InChI is InChI=1S/C28H27F3N2O6/c1-33(2)22-18-10-13-9-16-15(12-3-5-14(6-4-12)28(29,30)31)7-8-19(34)21(16)24(36)20(13)25(37)27(18,39)11-17(23(22)35)26(32)38/h3-8,13,18,22,34-35,37,39H,9-11H2,1-2H3,(H2,32,38). The van der Waals surface area contributed by atoms with Gasteiger partial charge in [-0.3, -0.25) is 14.5 Å². The second-order valence-corrected chi connectivity index (χ2v) is 10.6. The van der Waals surface area contributed by atoms with Crippen LogP contribution in [0.25, 0.3) is 11.1 Å². The van der Waals surface area contributed by atoms with E-state index in [9.17, 15) is 43.2 Å². The molecule has 0 saturated carbocycles. The van der Waals surface area contributed by atoms with Crippen LogP contribution in [0.3, 0.4) is 0 Å². The van der Waals surface area contributed by atoms with Gasteiger partial charge in [-0.15, -0.1) is 0 Å². The van der Waals surface area contributed by atoms with Gasteiger partial charge >= 0.3 is 6.18 Å². The molecule has 6 N–H and O–H groups in total. The highest BCUT2D eigenvalue weighted by Gasteiger charge is 2.58. The Hall–Kier alpha value is -3.83. The zero-order chi connectivity index (χ0) is 28.6. The van der Waals surface area contributed by atoms with Crippen LogP contribution in [0.15, 0.2) is 59.1 Å². The number of carbonyl (C=O) groups is 2. The molecule has 1 amide bonds. The predicted octanol–water partition coefficient (Wildman–Crippen LogP) is 3.63. The summed E-state index contributed by atoms with van der Waals surface area (Å²) >= 11 is 0. The number of halogens is 3. The summed E-state index contributed by atoms with van der Waals surface area (Å²) in [4.78, 5) is 27.4. The molecule has 0 aromatic heterocycles. The molecule has 4 atom stereocenters. The quantitative estimate of drug-likeness (QED) is 0.397. The topological polar surface area (TPSA) is 144 Å². The van der Waals surface area contributed by atoms with Crippen LogP contribution in [-0.4, -0.2) is 62.8 Å². The molecule has 5 rings (SSSR count). The number of allylic oxidation sites excluding steroid dienone is 1. The number of rotatable bonds is 3. The van der Waals surface area contributed by atoms with Gasteiger partial charge in [0.05, 0.1) is 22.7 Å². The third kappa shape index (κ3) is 3.99. The van der Waals surface area contributed by atoms with Gasteiger partial charge in [0.1, 0.15) is 22.9 Å². The number of nitrogens with two attached hydrogens (primary N) is 1. The zero-order valence-corrected chi connectivity index (χ0v) is 21.1. The monoisotopic (exact) mass is 544 g/mol. The summed E-state index contributed by atoms with van der Waals surface area (Å²) in [7, 11) is 3.26. The molecule has 39 heavy (non-hydrogen) atoms. The SMILES string of the molecule is CN(C)C1C(O)=C(C(N)=O)CC2(O)C(O)=C3C(=O)c4c(O)ccc(-c5ccc(C(F)(F)F)cc5)c4CC3CC12. The van der Waals surface area contributed by atoms with Crippen molar-refractivity contribution in [3.8, 4) is 16.9 Å². The largest absolute Gasteiger partial charge is 0.510 e. The number of benzene rings is 2. The Morgan fingerprint density at radius 2 is 1.72 bits per heavy atom. The van der Waals surface area contributed by atoms with Gasteiger partial charge in [0, 0.05) is 17.9 Å². The fourth-order valence-corrected chi connectivity index (χ4v) is 6.44. The van der Waals surface area contributed by atoms with E-state index in [2.05, 4.69) is 0 Å². The molecule has 206 valence electrons. The maximum absolute atomic E-state index is 13.8. The summed E-state index contributed by atoms with van der Waals surface area (Å²) in [5.74, 6) is -4.49. The van der Waals surface area contributed by atoms with Crippen molar-refractivity contribution in [2.24, 2.45) is 17.6 Å².